The maximum atomic E-state index is 13.2. The van der Waals surface area contributed by atoms with Gasteiger partial charge in [-0.3, -0.25) is 14.7 Å². The molecule has 4 nitrogen and oxygen atoms in total. The van der Waals surface area contributed by atoms with Crippen molar-refractivity contribution in [3.63, 3.8) is 0 Å². The minimum Gasteiger partial charge on any atom is -0.266 e. The Morgan fingerprint density at radius 1 is 1.00 bits per heavy atom. The molecule has 132 valence electrons. The van der Waals surface area contributed by atoms with Crippen LogP contribution in [0.15, 0.2) is 83.7 Å². The number of rotatable bonds is 3. The molecule has 2 heterocycles. The predicted octanol–water partition coefficient (Wildman–Crippen LogP) is 4.88. The van der Waals surface area contributed by atoms with Gasteiger partial charge in [0.1, 0.15) is 11.5 Å². The van der Waals surface area contributed by atoms with Gasteiger partial charge in [0, 0.05) is 23.0 Å². The number of halogens is 1. The number of carbonyl (C=O) groups excluding carboxylic acids is 1. The lowest BCUT2D eigenvalue weighted by Crippen LogP contribution is -2.32. The van der Waals surface area contributed by atoms with Crippen molar-refractivity contribution in [3.8, 4) is 0 Å². The molecule has 0 atom stereocenters. The molecule has 0 radical (unpaired) electrons. The van der Waals surface area contributed by atoms with E-state index in [0.29, 0.717) is 16.6 Å². The predicted molar refractivity (Wildman–Crippen MR) is 109 cm³/mol. The summed E-state index contributed by atoms with van der Waals surface area (Å²) in [7, 11) is 0. The summed E-state index contributed by atoms with van der Waals surface area (Å²) in [5.74, 6) is 0.428. The number of benzene rings is 2. The van der Waals surface area contributed by atoms with Gasteiger partial charge in [0.2, 0.25) is 0 Å². The molecule has 1 aliphatic heterocycles. The van der Waals surface area contributed by atoms with Gasteiger partial charge < -0.3 is 0 Å². The lowest BCUT2D eigenvalue weighted by atomic mass is 10.1. The summed E-state index contributed by atoms with van der Waals surface area (Å²) in [6.07, 6.45) is 5.15. The summed E-state index contributed by atoms with van der Waals surface area (Å²) in [6.45, 7) is 2.02. The quantitative estimate of drug-likeness (QED) is 0.614. The summed E-state index contributed by atoms with van der Waals surface area (Å²) in [5.41, 5.74) is 3.97. The Morgan fingerprint density at radius 3 is 2.44 bits per heavy atom. The molecule has 0 spiro atoms. The van der Waals surface area contributed by atoms with E-state index in [0.717, 1.165) is 22.4 Å². The molecule has 1 aliphatic rings. The molecule has 2 aromatic carbocycles. The smallest absolute Gasteiger partial charge is 0.266 e. The van der Waals surface area contributed by atoms with Crippen LogP contribution in [-0.4, -0.2) is 16.7 Å². The first-order valence-electron chi connectivity index (χ1n) is 8.49. The van der Waals surface area contributed by atoms with Gasteiger partial charge in [0.25, 0.3) is 5.91 Å². The van der Waals surface area contributed by atoms with Crippen molar-refractivity contribution in [1.29, 1.82) is 0 Å². The van der Waals surface area contributed by atoms with Gasteiger partial charge in [-0.25, -0.2) is 4.99 Å². The van der Waals surface area contributed by atoms with Crippen molar-refractivity contribution in [1.82, 2.24) is 4.98 Å². The van der Waals surface area contributed by atoms with Gasteiger partial charge in [-0.15, -0.1) is 0 Å². The van der Waals surface area contributed by atoms with Gasteiger partial charge >= 0.3 is 0 Å². The Morgan fingerprint density at radius 2 is 1.74 bits per heavy atom. The van der Waals surface area contributed by atoms with E-state index in [1.807, 2.05) is 55.5 Å². The summed E-state index contributed by atoms with van der Waals surface area (Å²) in [4.78, 5) is 23.4. The number of amides is 1. The third-order valence-corrected chi connectivity index (χ3v) is 4.48. The highest BCUT2D eigenvalue weighted by Crippen LogP contribution is 2.29. The van der Waals surface area contributed by atoms with Gasteiger partial charge in [0.15, 0.2) is 0 Å². The van der Waals surface area contributed by atoms with Crippen molar-refractivity contribution in [3.05, 3.63) is 100 Å². The molecule has 3 aromatic rings. The third kappa shape index (κ3) is 3.52. The zero-order valence-corrected chi connectivity index (χ0v) is 15.4. The lowest BCUT2D eigenvalue weighted by molar-refractivity contribution is -0.113. The van der Waals surface area contributed by atoms with E-state index in [4.69, 9.17) is 11.6 Å². The van der Waals surface area contributed by atoms with Crippen LogP contribution in [0.2, 0.25) is 5.02 Å². The number of aliphatic imine (C=N–C) groups is 1. The molecule has 0 unspecified atom stereocenters. The highest BCUT2D eigenvalue weighted by atomic mass is 35.5. The Balaban J connectivity index is 1.84. The van der Waals surface area contributed by atoms with Crippen molar-refractivity contribution < 1.29 is 4.79 Å². The average molecular weight is 374 g/mol. The summed E-state index contributed by atoms with van der Waals surface area (Å²) in [5, 5.41) is 0.618. The van der Waals surface area contributed by atoms with Gasteiger partial charge in [-0.05, 0) is 61.0 Å². The second kappa shape index (κ2) is 7.17. The fourth-order valence-electron chi connectivity index (χ4n) is 2.94. The van der Waals surface area contributed by atoms with E-state index in [1.165, 1.54) is 0 Å². The number of nitrogens with zero attached hydrogens (tertiary/aromatic N) is 3. The molecular weight excluding hydrogens is 358 g/mol. The molecule has 1 amide bonds. The van der Waals surface area contributed by atoms with Crippen LogP contribution in [0.25, 0.3) is 6.08 Å². The van der Waals surface area contributed by atoms with E-state index in [1.54, 1.807) is 35.5 Å². The first-order chi connectivity index (χ1) is 13.1. The second-order valence-corrected chi connectivity index (χ2v) is 6.67. The van der Waals surface area contributed by atoms with E-state index in [2.05, 4.69) is 9.98 Å². The van der Waals surface area contributed by atoms with E-state index in [-0.39, 0.29) is 5.91 Å². The SMILES string of the molecule is Cc1cccc(C2=N/C(=C/c3ccncc3)C(=O)N2c2ccc(Cl)cc2)c1. The van der Waals surface area contributed by atoms with Crippen LogP contribution >= 0.6 is 11.6 Å². The summed E-state index contributed by atoms with van der Waals surface area (Å²) >= 11 is 6.01. The van der Waals surface area contributed by atoms with Crippen LogP contribution in [0.1, 0.15) is 16.7 Å². The molecule has 0 bridgehead atoms. The maximum Gasteiger partial charge on any atom is 0.282 e. The van der Waals surface area contributed by atoms with Crippen LogP contribution < -0.4 is 4.90 Å². The number of aromatic nitrogens is 1. The highest BCUT2D eigenvalue weighted by molar-refractivity contribution is 6.34. The standard InChI is InChI=1S/C22H16ClN3O/c1-15-3-2-4-17(13-15)21-25-20(14-16-9-11-24-12-10-16)22(27)26(21)19-7-5-18(23)6-8-19/h2-14H,1H3/b20-14+. The number of hydrogen-bond donors (Lipinski definition) is 0. The molecule has 5 heteroatoms. The van der Waals surface area contributed by atoms with Crippen molar-refractivity contribution in [2.45, 2.75) is 6.92 Å². The first kappa shape index (κ1) is 17.2. The van der Waals surface area contributed by atoms with Gasteiger partial charge in [0.05, 0.1) is 5.69 Å². The monoisotopic (exact) mass is 373 g/mol. The Hall–Kier alpha value is -3.24. The van der Waals surface area contributed by atoms with Crippen LogP contribution in [0.5, 0.6) is 0 Å². The third-order valence-electron chi connectivity index (χ3n) is 4.23. The van der Waals surface area contributed by atoms with Crippen molar-refractivity contribution in [2.75, 3.05) is 4.90 Å². The molecule has 0 aliphatic carbocycles. The largest absolute Gasteiger partial charge is 0.282 e. The average Bonchev–Trinajstić information content (AvgIpc) is 3.00. The van der Waals surface area contributed by atoms with E-state index >= 15 is 0 Å². The van der Waals surface area contributed by atoms with E-state index in [9.17, 15) is 4.79 Å². The number of anilines is 1. The zero-order valence-electron chi connectivity index (χ0n) is 14.6. The highest BCUT2D eigenvalue weighted by Gasteiger charge is 2.32. The fraction of sp³-hybridized carbons (Fsp3) is 0.0455. The van der Waals surface area contributed by atoms with Crippen LogP contribution in [0.4, 0.5) is 5.69 Å². The van der Waals surface area contributed by atoms with Gasteiger partial charge in [-0.1, -0.05) is 35.4 Å². The summed E-state index contributed by atoms with van der Waals surface area (Å²) < 4.78 is 0. The van der Waals surface area contributed by atoms with Gasteiger partial charge in [-0.2, -0.15) is 0 Å². The zero-order chi connectivity index (χ0) is 18.8. The lowest BCUT2D eigenvalue weighted by Gasteiger charge is -2.18. The molecule has 0 saturated carbocycles. The van der Waals surface area contributed by atoms with Crippen LogP contribution in [0.3, 0.4) is 0 Å². The fourth-order valence-corrected chi connectivity index (χ4v) is 3.07. The topological polar surface area (TPSA) is 45.6 Å². The Bertz CT molecular complexity index is 1060. The number of hydrogen-bond acceptors (Lipinski definition) is 3. The Labute approximate surface area is 162 Å². The molecule has 0 saturated heterocycles. The minimum atomic E-state index is -0.175. The Kier molecular flexibility index (Phi) is 4.57. The number of carbonyl (C=O) groups is 1. The molecule has 4 rings (SSSR count). The van der Waals surface area contributed by atoms with E-state index < -0.39 is 0 Å². The van der Waals surface area contributed by atoms with Crippen molar-refractivity contribution in [2.24, 2.45) is 4.99 Å². The van der Waals surface area contributed by atoms with Crippen LogP contribution in [-0.2, 0) is 4.79 Å². The molecule has 1 aromatic heterocycles. The maximum absolute atomic E-state index is 13.2. The van der Waals surface area contributed by atoms with Crippen molar-refractivity contribution >= 4 is 35.1 Å². The normalized spacial score (nSPS) is 15.3. The minimum absolute atomic E-state index is 0.175. The number of aryl methyl sites for hydroxylation is 1. The molecular formula is C22H16ClN3O. The molecule has 27 heavy (non-hydrogen) atoms. The van der Waals surface area contributed by atoms with Crippen LogP contribution in [0, 0.1) is 6.92 Å². The number of pyridine rings is 1. The first-order valence-corrected chi connectivity index (χ1v) is 8.87. The molecule has 0 fully saturated rings. The summed E-state index contributed by atoms with van der Waals surface area (Å²) in [6, 6.07) is 18.8. The second-order valence-electron chi connectivity index (χ2n) is 6.23. The molecule has 0 N–H and O–H groups in total. The number of amidine groups is 1.